The monoisotopic (exact) mass is 314 g/mol. The van der Waals surface area contributed by atoms with Gasteiger partial charge >= 0.3 is 0 Å². The van der Waals surface area contributed by atoms with Crippen LogP contribution in [0.15, 0.2) is 34.8 Å². The Kier molecular flexibility index (Phi) is 4.92. The minimum absolute atomic E-state index is 0.229. The molecule has 0 aliphatic carbocycles. The molecule has 0 saturated carbocycles. The third kappa shape index (κ3) is 3.89. The summed E-state index contributed by atoms with van der Waals surface area (Å²) in [6, 6.07) is 3.28. The highest BCUT2D eigenvalue weighted by atomic mass is 32.2. The van der Waals surface area contributed by atoms with Crippen molar-refractivity contribution in [3.63, 3.8) is 0 Å². The predicted molar refractivity (Wildman–Crippen MR) is 79.1 cm³/mol. The number of rotatable bonds is 7. The zero-order chi connectivity index (χ0) is 14.6. The second-order valence-electron chi connectivity index (χ2n) is 4.53. The molecule has 2 rings (SSSR count). The molecule has 6 nitrogen and oxygen atoms in total. The van der Waals surface area contributed by atoms with E-state index in [4.69, 9.17) is 0 Å². The molecular formula is C12H18N4O2S2. The molecule has 0 aliphatic rings. The van der Waals surface area contributed by atoms with E-state index in [2.05, 4.69) is 15.1 Å². The maximum Gasteiger partial charge on any atom is 0.241 e. The number of thiophene rings is 1. The van der Waals surface area contributed by atoms with E-state index in [0.29, 0.717) is 18.0 Å². The summed E-state index contributed by atoms with van der Waals surface area (Å²) in [6.45, 7) is 2.99. The van der Waals surface area contributed by atoms with Crippen LogP contribution in [0, 0.1) is 0 Å². The number of aromatic nitrogens is 2. The largest absolute Gasteiger partial charge is 0.315 e. The first-order valence-corrected chi connectivity index (χ1v) is 8.59. The van der Waals surface area contributed by atoms with Gasteiger partial charge in [0.25, 0.3) is 0 Å². The van der Waals surface area contributed by atoms with E-state index in [9.17, 15) is 8.42 Å². The highest BCUT2D eigenvalue weighted by molar-refractivity contribution is 7.89. The van der Waals surface area contributed by atoms with E-state index in [1.807, 2.05) is 20.0 Å². The molecule has 20 heavy (non-hydrogen) atoms. The Balaban J connectivity index is 2.02. The first-order valence-electron chi connectivity index (χ1n) is 6.23. The number of hydrogen-bond acceptors (Lipinski definition) is 5. The zero-order valence-corrected chi connectivity index (χ0v) is 13.0. The molecule has 2 heterocycles. The topological polar surface area (TPSA) is 76.0 Å². The summed E-state index contributed by atoms with van der Waals surface area (Å²) in [5.74, 6) is 0. The Morgan fingerprint density at radius 1 is 1.50 bits per heavy atom. The van der Waals surface area contributed by atoms with Gasteiger partial charge in [0.05, 0.1) is 11.4 Å². The lowest BCUT2D eigenvalue weighted by Gasteiger charge is -2.13. The van der Waals surface area contributed by atoms with Gasteiger partial charge in [-0.15, -0.1) is 11.3 Å². The number of hydrogen-bond donors (Lipinski definition) is 2. The standard InChI is InChI=1S/C12H18N4O2S2/c1-10(8-16-5-3-4-14-16)15-20(17,18)12-6-11(7-13-2)19-9-12/h3-6,9-10,13,15H,7-8H2,1-2H3. The lowest BCUT2D eigenvalue weighted by Crippen LogP contribution is -2.35. The molecule has 1 atom stereocenters. The predicted octanol–water partition coefficient (Wildman–Crippen LogP) is 1.03. The molecular weight excluding hydrogens is 296 g/mol. The second-order valence-corrected chi connectivity index (χ2v) is 7.24. The van der Waals surface area contributed by atoms with Crippen LogP contribution in [0.2, 0.25) is 0 Å². The summed E-state index contributed by atoms with van der Waals surface area (Å²) in [5.41, 5.74) is 0. The van der Waals surface area contributed by atoms with Gasteiger partial charge in [0.1, 0.15) is 0 Å². The third-order valence-corrected chi connectivity index (χ3v) is 5.32. The number of nitrogens with zero attached hydrogens (tertiary/aromatic N) is 2. The van der Waals surface area contributed by atoms with Gasteiger partial charge in [-0.3, -0.25) is 4.68 Å². The van der Waals surface area contributed by atoms with E-state index < -0.39 is 10.0 Å². The molecule has 0 radical (unpaired) electrons. The first kappa shape index (κ1) is 15.2. The summed E-state index contributed by atoms with van der Waals surface area (Å²) in [4.78, 5) is 1.31. The van der Waals surface area contributed by atoms with E-state index in [0.717, 1.165) is 4.88 Å². The van der Waals surface area contributed by atoms with Crippen LogP contribution in [0.5, 0.6) is 0 Å². The lowest BCUT2D eigenvalue weighted by atomic mass is 10.4. The van der Waals surface area contributed by atoms with Gasteiger partial charge < -0.3 is 5.32 Å². The highest BCUT2D eigenvalue weighted by Crippen LogP contribution is 2.19. The van der Waals surface area contributed by atoms with Crippen LogP contribution < -0.4 is 10.0 Å². The molecule has 0 aromatic carbocycles. The van der Waals surface area contributed by atoms with Crippen LogP contribution in [-0.2, 0) is 23.1 Å². The van der Waals surface area contributed by atoms with Gasteiger partial charge in [-0.25, -0.2) is 13.1 Å². The molecule has 110 valence electrons. The Labute approximate surface area is 122 Å². The van der Waals surface area contributed by atoms with Crippen LogP contribution in [0.25, 0.3) is 0 Å². The van der Waals surface area contributed by atoms with Crippen molar-refractivity contribution >= 4 is 21.4 Å². The molecule has 0 saturated heterocycles. The summed E-state index contributed by atoms with van der Waals surface area (Å²) in [5, 5.41) is 8.73. The van der Waals surface area contributed by atoms with Crippen molar-refractivity contribution in [1.82, 2.24) is 19.8 Å². The quantitative estimate of drug-likeness (QED) is 0.800. The molecule has 2 N–H and O–H groups in total. The minimum atomic E-state index is -3.47. The molecule has 0 amide bonds. The normalized spacial score (nSPS) is 13.5. The molecule has 0 bridgehead atoms. The van der Waals surface area contributed by atoms with E-state index in [-0.39, 0.29) is 6.04 Å². The SMILES string of the molecule is CNCc1cc(S(=O)(=O)NC(C)Cn2cccn2)cs1. The van der Waals surface area contributed by atoms with E-state index >= 15 is 0 Å². The van der Waals surface area contributed by atoms with Crippen LogP contribution >= 0.6 is 11.3 Å². The van der Waals surface area contributed by atoms with E-state index in [1.54, 1.807) is 28.5 Å². The third-order valence-electron chi connectivity index (χ3n) is 2.67. The molecule has 0 spiro atoms. The fraction of sp³-hybridized carbons (Fsp3) is 0.417. The van der Waals surface area contributed by atoms with Crippen molar-refractivity contribution < 1.29 is 8.42 Å². The van der Waals surface area contributed by atoms with Gasteiger partial charge in [-0.2, -0.15) is 5.10 Å². The van der Waals surface area contributed by atoms with Gasteiger partial charge in [-0.1, -0.05) is 0 Å². The summed E-state index contributed by atoms with van der Waals surface area (Å²) in [7, 11) is -1.64. The number of sulfonamides is 1. The highest BCUT2D eigenvalue weighted by Gasteiger charge is 2.19. The fourth-order valence-electron chi connectivity index (χ4n) is 1.83. The zero-order valence-electron chi connectivity index (χ0n) is 11.4. The minimum Gasteiger partial charge on any atom is -0.315 e. The molecule has 0 fully saturated rings. The van der Waals surface area contributed by atoms with Crippen LogP contribution in [0.4, 0.5) is 0 Å². The van der Waals surface area contributed by atoms with Crippen molar-refractivity contribution in [3.05, 3.63) is 34.8 Å². The maximum absolute atomic E-state index is 12.2. The fourth-order valence-corrected chi connectivity index (χ4v) is 4.35. The second kappa shape index (κ2) is 6.49. The van der Waals surface area contributed by atoms with Crippen molar-refractivity contribution in [2.75, 3.05) is 7.05 Å². The van der Waals surface area contributed by atoms with Crippen molar-refractivity contribution in [1.29, 1.82) is 0 Å². The maximum atomic E-state index is 12.2. The van der Waals surface area contributed by atoms with Crippen LogP contribution in [-0.4, -0.2) is 31.3 Å². The van der Waals surface area contributed by atoms with Crippen molar-refractivity contribution in [3.8, 4) is 0 Å². The van der Waals surface area contributed by atoms with Gasteiger partial charge in [-0.05, 0) is 26.1 Å². The van der Waals surface area contributed by atoms with Crippen molar-refractivity contribution in [2.24, 2.45) is 0 Å². The van der Waals surface area contributed by atoms with E-state index in [1.165, 1.54) is 11.3 Å². The van der Waals surface area contributed by atoms with Crippen LogP contribution in [0.3, 0.4) is 0 Å². The Morgan fingerprint density at radius 2 is 2.30 bits per heavy atom. The first-order chi connectivity index (χ1) is 9.51. The summed E-state index contributed by atoms with van der Waals surface area (Å²) < 4.78 is 28.8. The molecule has 2 aromatic rings. The summed E-state index contributed by atoms with van der Waals surface area (Å²) in [6.07, 6.45) is 3.48. The number of nitrogens with one attached hydrogen (secondary N) is 2. The molecule has 2 aromatic heterocycles. The summed E-state index contributed by atoms with van der Waals surface area (Å²) >= 11 is 1.43. The Morgan fingerprint density at radius 3 is 2.95 bits per heavy atom. The molecule has 1 unspecified atom stereocenters. The van der Waals surface area contributed by atoms with Crippen LogP contribution in [0.1, 0.15) is 11.8 Å². The average molecular weight is 314 g/mol. The Bertz CT molecular complexity index is 634. The average Bonchev–Trinajstić information content (AvgIpc) is 3.00. The lowest BCUT2D eigenvalue weighted by molar-refractivity contribution is 0.494. The van der Waals surface area contributed by atoms with Crippen molar-refractivity contribution in [2.45, 2.75) is 31.0 Å². The van der Waals surface area contributed by atoms with Gasteiger partial charge in [0.15, 0.2) is 0 Å². The molecule has 8 heteroatoms. The Hall–Kier alpha value is -1.22. The van der Waals surface area contributed by atoms with Gasteiger partial charge in [0.2, 0.25) is 10.0 Å². The smallest absolute Gasteiger partial charge is 0.241 e. The van der Waals surface area contributed by atoms with Gasteiger partial charge in [0, 0.05) is 35.2 Å². The molecule has 0 aliphatic heterocycles.